The topological polar surface area (TPSA) is 33.5 Å². The average molecular weight is 370 g/mol. The summed E-state index contributed by atoms with van der Waals surface area (Å²) in [6.45, 7) is 2.72. The van der Waals surface area contributed by atoms with E-state index < -0.39 is 0 Å². The predicted molar refractivity (Wildman–Crippen MR) is 94.9 cm³/mol. The van der Waals surface area contributed by atoms with E-state index in [1.807, 2.05) is 20.0 Å². The summed E-state index contributed by atoms with van der Waals surface area (Å²) in [4.78, 5) is 13.2. The Morgan fingerprint density at radius 2 is 2.00 bits per heavy atom. The molecule has 1 amide bonds. The van der Waals surface area contributed by atoms with Gasteiger partial charge in [-0.05, 0) is 36.8 Å². The minimum atomic E-state index is -0.268. The molecule has 2 N–H and O–H groups in total. The number of benzene rings is 2. The molecule has 0 aliphatic heterocycles. The van der Waals surface area contributed by atoms with Crippen LogP contribution in [-0.2, 0) is 11.3 Å². The van der Waals surface area contributed by atoms with Gasteiger partial charge < -0.3 is 10.2 Å². The Balaban J connectivity index is 1.90. The summed E-state index contributed by atoms with van der Waals surface area (Å²) in [5.74, 6) is -0.363. The lowest BCUT2D eigenvalue weighted by Crippen LogP contribution is -3.08. The molecule has 0 saturated heterocycles. The van der Waals surface area contributed by atoms with Crippen molar-refractivity contribution in [3.8, 4) is 0 Å². The molecule has 0 aliphatic rings. The number of likely N-dealkylation sites (N-methyl/N-ethyl adjacent to an activating group) is 1. The summed E-state index contributed by atoms with van der Waals surface area (Å²) >= 11 is 12.0. The smallest absolute Gasteiger partial charge is 0.275 e. The summed E-state index contributed by atoms with van der Waals surface area (Å²) < 4.78 is 13.2. The van der Waals surface area contributed by atoms with Crippen LogP contribution >= 0.6 is 23.2 Å². The van der Waals surface area contributed by atoms with E-state index in [2.05, 4.69) is 5.32 Å². The number of halogens is 3. The van der Waals surface area contributed by atoms with Gasteiger partial charge in [0.1, 0.15) is 12.4 Å². The highest BCUT2D eigenvalue weighted by Crippen LogP contribution is 2.25. The maximum absolute atomic E-state index is 13.2. The van der Waals surface area contributed by atoms with Gasteiger partial charge in [-0.1, -0.05) is 41.4 Å². The zero-order valence-electron chi connectivity index (χ0n) is 13.6. The Bertz CT molecular complexity index is 724. The largest absolute Gasteiger partial charge is 0.345 e. The molecule has 128 valence electrons. The van der Waals surface area contributed by atoms with E-state index in [1.54, 1.807) is 24.3 Å². The Morgan fingerprint density at radius 1 is 1.25 bits per heavy atom. The molecule has 6 heteroatoms. The van der Waals surface area contributed by atoms with Crippen molar-refractivity contribution in [2.75, 3.05) is 13.6 Å². The molecular weight excluding hydrogens is 350 g/mol. The summed E-state index contributed by atoms with van der Waals surface area (Å²) in [7, 11) is 1.89. The highest BCUT2D eigenvalue weighted by Gasteiger charge is 2.16. The van der Waals surface area contributed by atoms with E-state index in [9.17, 15) is 9.18 Å². The predicted octanol–water partition coefficient (Wildman–Crippen LogP) is 3.02. The van der Waals surface area contributed by atoms with Gasteiger partial charge >= 0.3 is 0 Å². The fraction of sp³-hybridized carbons (Fsp3) is 0.278. The molecule has 0 saturated carbocycles. The average Bonchev–Trinajstić information content (AvgIpc) is 2.46. The third kappa shape index (κ3) is 5.48. The number of hydrogen-bond donors (Lipinski definition) is 2. The van der Waals surface area contributed by atoms with Gasteiger partial charge in [0.2, 0.25) is 0 Å². The molecule has 3 nitrogen and oxygen atoms in total. The van der Waals surface area contributed by atoms with Crippen molar-refractivity contribution in [1.29, 1.82) is 0 Å². The first-order chi connectivity index (χ1) is 11.3. The number of rotatable bonds is 6. The van der Waals surface area contributed by atoms with Gasteiger partial charge in [-0.2, -0.15) is 0 Å². The normalized spacial score (nSPS) is 13.4. The molecule has 2 aromatic rings. The minimum Gasteiger partial charge on any atom is -0.345 e. The monoisotopic (exact) mass is 369 g/mol. The molecule has 2 rings (SSSR count). The summed E-state index contributed by atoms with van der Waals surface area (Å²) in [5, 5.41) is 4.00. The van der Waals surface area contributed by atoms with Crippen LogP contribution < -0.4 is 10.2 Å². The van der Waals surface area contributed by atoms with Crippen molar-refractivity contribution in [2.24, 2.45) is 0 Å². The molecule has 0 bridgehead atoms. The lowest BCUT2D eigenvalue weighted by Gasteiger charge is -2.18. The molecule has 0 fully saturated rings. The molecule has 2 aromatic carbocycles. The second-order valence-electron chi connectivity index (χ2n) is 5.90. The van der Waals surface area contributed by atoms with Crippen LogP contribution in [0.4, 0.5) is 4.39 Å². The number of quaternary nitrogens is 1. The number of hydrogen-bond acceptors (Lipinski definition) is 1. The third-order valence-electron chi connectivity index (χ3n) is 3.66. The van der Waals surface area contributed by atoms with Crippen molar-refractivity contribution in [2.45, 2.75) is 19.5 Å². The molecule has 0 heterocycles. The van der Waals surface area contributed by atoms with Crippen LogP contribution in [0.15, 0.2) is 42.5 Å². The quantitative estimate of drug-likeness (QED) is 0.805. The second kappa shape index (κ2) is 8.47. The van der Waals surface area contributed by atoms with E-state index in [4.69, 9.17) is 23.2 Å². The van der Waals surface area contributed by atoms with E-state index in [1.165, 1.54) is 12.1 Å². The fourth-order valence-corrected chi connectivity index (χ4v) is 3.13. The first-order valence-electron chi connectivity index (χ1n) is 7.65. The maximum atomic E-state index is 13.2. The van der Waals surface area contributed by atoms with Crippen LogP contribution in [0, 0.1) is 5.82 Å². The first-order valence-corrected chi connectivity index (χ1v) is 8.41. The molecule has 0 aliphatic carbocycles. The zero-order valence-corrected chi connectivity index (χ0v) is 15.1. The van der Waals surface area contributed by atoms with Crippen LogP contribution in [0.3, 0.4) is 0 Å². The summed E-state index contributed by atoms with van der Waals surface area (Å²) in [5.41, 5.74) is 1.67. The summed E-state index contributed by atoms with van der Waals surface area (Å²) in [6, 6.07) is 11.4. The summed E-state index contributed by atoms with van der Waals surface area (Å²) in [6.07, 6.45) is 0. The molecule has 2 atom stereocenters. The van der Waals surface area contributed by atoms with Gasteiger partial charge in [-0.15, -0.1) is 0 Å². The van der Waals surface area contributed by atoms with Crippen molar-refractivity contribution < 1.29 is 14.1 Å². The second-order valence-corrected chi connectivity index (χ2v) is 6.74. The number of carbonyl (C=O) groups is 1. The van der Waals surface area contributed by atoms with Gasteiger partial charge in [-0.3, -0.25) is 4.79 Å². The van der Waals surface area contributed by atoms with E-state index in [0.29, 0.717) is 16.6 Å². The molecule has 0 spiro atoms. The zero-order chi connectivity index (χ0) is 17.7. The molecule has 0 radical (unpaired) electrons. The van der Waals surface area contributed by atoms with Gasteiger partial charge in [-0.25, -0.2) is 4.39 Å². The van der Waals surface area contributed by atoms with Crippen LogP contribution in [-0.4, -0.2) is 19.5 Å². The molecule has 0 aromatic heterocycles. The highest BCUT2D eigenvalue weighted by atomic mass is 35.5. The van der Waals surface area contributed by atoms with Crippen molar-refractivity contribution >= 4 is 29.1 Å². The van der Waals surface area contributed by atoms with E-state index in [0.717, 1.165) is 16.0 Å². The van der Waals surface area contributed by atoms with Gasteiger partial charge in [0.15, 0.2) is 6.54 Å². The third-order valence-corrected chi connectivity index (χ3v) is 4.23. The number of nitrogens with one attached hydrogen (secondary N) is 2. The Morgan fingerprint density at radius 3 is 2.67 bits per heavy atom. The highest BCUT2D eigenvalue weighted by molar-refractivity contribution is 6.35. The lowest BCUT2D eigenvalue weighted by atomic mass is 10.1. The van der Waals surface area contributed by atoms with Crippen molar-refractivity contribution in [1.82, 2.24) is 5.32 Å². The van der Waals surface area contributed by atoms with Gasteiger partial charge in [0.25, 0.3) is 5.91 Å². The molecule has 1 unspecified atom stereocenters. The first kappa shape index (κ1) is 18.7. The van der Waals surface area contributed by atoms with Crippen molar-refractivity contribution in [3.05, 3.63) is 69.5 Å². The van der Waals surface area contributed by atoms with Gasteiger partial charge in [0.05, 0.1) is 13.1 Å². The van der Waals surface area contributed by atoms with E-state index >= 15 is 0 Å². The lowest BCUT2D eigenvalue weighted by molar-refractivity contribution is -0.885. The van der Waals surface area contributed by atoms with Gasteiger partial charge in [0, 0.05) is 15.6 Å². The van der Waals surface area contributed by atoms with Crippen LogP contribution in [0.5, 0.6) is 0 Å². The molecule has 24 heavy (non-hydrogen) atoms. The standard InChI is InChI=1S/C18H19Cl2FN2O/c1-12(16-7-6-14(19)9-17(16)20)22-18(24)11-23(2)10-13-4-3-5-15(21)8-13/h3-9,12H,10-11H2,1-2H3,(H,22,24)/p+1/t12-/m1/s1. The Kier molecular flexibility index (Phi) is 6.60. The fourth-order valence-electron chi connectivity index (χ4n) is 2.55. The Hall–Kier alpha value is -1.62. The maximum Gasteiger partial charge on any atom is 0.275 e. The van der Waals surface area contributed by atoms with E-state index in [-0.39, 0.29) is 24.3 Å². The number of amides is 1. The van der Waals surface area contributed by atoms with Crippen LogP contribution in [0.2, 0.25) is 10.0 Å². The SMILES string of the molecule is C[C@@H](NC(=O)C[NH+](C)Cc1cccc(F)c1)c1ccc(Cl)cc1Cl. The van der Waals surface area contributed by atoms with Crippen LogP contribution in [0.1, 0.15) is 24.1 Å². The Labute approximate surface area is 151 Å². The number of carbonyl (C=O) groups excluding carboxylic acids is 1. The van der Waals surface area contributed by atoms with Crippen molar-refractivity contribution in [3.63, 3.8) is 0 Å². The van der Waals surface area contributed by atoms with Crippen LogP contribution in [0.25, 0.3) is 0 Å². The minimum absolute atomic E-state index is 0.0950. The molecular formula is C18H20Cl2FN2O+.